The van der Waals surface area contributed by atoms with Gasteiger partial charge in [0.05, 0.1) is 13.2 Å². The van der Waals surface area contributed by atoms with Gasteiger partial charge in [-0.2, -0.15) is 0 Å². The summed E-state index contributed by atoms with van der Waals surface area (Å²) in [7, 11) is 5.94. The van der Waals surface area contributed by atoms with E-state index in [-0.39, 0.29) is 11.6 Å². The molecule has 1 aromatic rings. The fourth-order valence-corrected chi connectivity index (χ4v) is 3.36. The summed E-state index contributed by atoms with van der Waals surface area (Å²) in [5.41, 5.74) is 7.50. The van der Waals surface area contributed by atoms with Crippen LogP contribution in [0.4, 0.5) is 0 Å². The van der Waals surface area contributed by atoms with Gasteiger partial charge in [-0.05, 0) is 57.8 Å². The molecule has 1 atom stereocenters. The van der Waals surface area contributed by atoms with Gasteiger partial charge in [-0.1, -0.05) is 6.92 Å². The smallest absolute Gasteiger partial charge is 0.142 e. The molecule has 0 amide bonds. The van der Waals surface area contributed by atoms with Crippen LogP contribution in [-0.4, -0.2) is 36.6 Å². The lowest BCUT2D eigenvalue weighted by Gasteiger charge is -2.48. The highest BCUT2D eigenvalue weighted by molar-refractivity contribution is 5.32. The molecule has 0 saturated heterocycles. The molecule has 0 radical (unpaired) electrons. The van der Waals surface area contributed by atoms with Gasteiger partial charge in [0, 0.05) is 11.7 Å². The van der Waals surface area contributed by atoms with Crippen molar-refractivity contribution in [3.63, 3.8) is 0 Å². The van der Waals surface area contributed by atoms with Crippen molar-refractivity contribution in [1.29, 1.82) is 0 Å². The Labute approximate surface area is 122 Å². The Morgan fingerprint density at radius 2 is 2.05 bits per heavy atom. The molecule has 1 heterocycles. The molecule has 20 heavy (non-hydrogen) atoms. The highest BCUT2D eigenvalue weighted by atomic mass is 16.5. The molecular weight excluding hydrogens is 250 g/mol. The fourth-order valence-electron chi connectivity index (χ4n) is 3.36. The van der Waals surface area contributed by atoms with Gasteiger partial charge in [-0.3, -0.25) is 4.98 Å². The Bertz CT molecular complexity index is 439. The second kappa shape index (κ2) is 6.10. The molecule has 1 aliphatic carbocycles. The Morgan fingerprint density at radius 3 is 2.60 bits per heavy atom. The molecule has 1 saturated carbocycles. The summed E-state index contributed by atoms with van der Waals surface area (Å²) < 4.78 is 5.44. The number of hydrogen-bond donors (Lipinski definition) is 1. The topological polar surface area (TPSA) is 51.4 Å². The first kappa shape index (κ1) is 15.3. The van der Waals surface area contributed by atoms with Crippen LogP contribution in [0.3, 0.4) is 0 Å². The molecule has 1 aliphatic rings. The molecular formula is C16H27N3O. The van der Waals surface area contributed by atoms with E-state index >= 15 is 0 Å². The molecule has 1 fully saturated rings. The van der Waals surface area contributed by atoms with Crippen LogP contribution in [0.5, 0.6) is 5.75 Å². The van der Waals surface area contributed by atoms with Crippen LogP contribution in [0.15, 0.2) is 18.3 Å². The van der Waals surface area contributed by atoms with E-state index in [1.54, 1.807) is 13.3 Å². The third-order valence-corrected chi connectivity index (χ3v) is 4.92. The Morgan fingerprint density at radius 1 is 1.40 bits per heavy atom. The Balaban J connectivity index is 2.34. The van der Waals surface area contributed by atoms with Crippen LogP contribution in [-0.2, 0) is 0 Å². The van der Waals surface area contributed by atoms with Crippen molar-refractivity contribution in [3.8, 4) is 5.75 Å². The predicted molar refractivity (Wildman–Crippen MR) is 81.8 cm³/mol. The summed E-state index contributed by atoms with van der Waals surface area (Å²) in [5.74, 6) is 1.58. The molecule has 4 heteroatoms. The van der Waals surface area contributed by atoms with Crippen molar-refractivity contribution >= 4 is 0 Å². The summed E-state index contributed by atoms with van der Waals surface area (Å²) in [6, 6.07) is 3.71. The van der Waals surface area contributed by atoms with Crippen LogP contribution in [0.25, 0.3) is 0 Å². The van der Waals surface area contributed by atoms with Crippen molar-refractivity contribution in [1.82, 2.24) is 9.88 Å². The summed E-state index contributed by atoms with van der Waals surface area (Å²) in [5, 5.41) is 0. The van der Waals surface area contributed by atoms with Gasteiger partial charge in [-0.25, -0.2) is 0 Å². The summed E-state index contributed by atoms with van der Waals surface area (Å²) >= 11 is 0. The van der Waals surface area contributed by atoms with Gasteiger partial charge in [0.1, 0.15) is 11.4 Å². The zero-order chi connectivity index (χ0) is 14.8. The van der Waals surface area contributed by atoms with Crippen molar-refractivity contribution in [3.05, 3.63) is 24.0 Å². The van der Waals surface area contributed by atoms with Crippen LogP contribution >= 0.6 is 0 Å². The van der Waals surface area contributed by atoms with Crippen molar-refractivity contribution in [2.24, 2.45) is 11.7 Å². The number of nitrogens with two attached hydrogens (primary N) is 1. The van der Waals surface area contributed by atoms with Crippen molar-refractivity contribution in [2.45, 2.75) is 44.2 Å². The quantitative estimate of drug-likeness (QED) is 0.919. The van der Waals surface area contributed by atoms with Gasteiger partial charge >= 0.3 is 0 Å². The first-order valence-electron chi connectivity index (χ1n) is 7.43. The minimum absolute atomic E-state index is 0.0197. The van der Waals surface area contributed by atoms with Crippen LogP contribution in [0, 0.1) is 5.92 Å². The van der Waals surface area contributed by atoms with Gasteiger partial charge in [-0.15, -0.1) is 0 Å². The SMILES string of the molecule is COc1cccnc1C(N)C1(N(C)C)CCC(C)CC1. The first-order chi connectivity index (χ1) is 9.51. The van der Waals surface area contributed by atoms with E-state index in [0.717, 1.165) is 30.2 Å². The maximum absolute atomic E-state index is 6.64. The number of pyridine rings is 1. The number of nitrogens with zero attached hydrogens (tertiary/aromatic N) is 2. The minimum Gasteiger partial charge on any atom is -0.495 e. The van der Waals surface area contributed by atoms with Gasteiger partial charge in [0.15, 0.2) is 0 Å². The molecule has 0 aliphatic heterocycles. The average Bonchev–Trinajstić information content (AvgIpc) is 2.47. The molecule has 1 aromatic heterocycles. The molecule has 2 N–H and O–H groups in total. The molecule has 0 aromatic carbocycles. The normalized spacial score (nSPS) is 28.4. The lowest BCUT2D eigenvalue weighted by Crippen LogP contribution is -2.54. The lowest BCUT2D eigenvalue weighted by molar-refractivity contribution is 0.0543. The number of hydrogen-bond acceptors (Lipinski definition) is 4. The Hall–Kier alpha value is -1.13. The zero-order valence-electron chi connectivity index (χ0n) is 13.1. The standard InChI is InChI=1S/C16H27N3O/c1-12-7-9-16(10-8-12,19(2)3)15(17)14-13(20-4)6-5-11-18-14/h5-6,11-12,15H,7-10,17H2,1-4H3. The molecule has 4 nitrogen and oxygen atoms in total. The summed E-state index contributed by atoms with van der Waals surface area (Å²) in [4.78, 5) is 6.78. The number of aromatic nitrogens is 1. The first-order valence-corrected chi connectivity index (χ1v) is 7.43. The fraction of sp³-hybridized carbons (Fsp3) is 0.688. The van der Waals surface area contributed by atoms with E-state index in [4.69, 9.17) is 10.5 Å². The van der Waals surface area contributed by atoms with Crippen LogP contribution < -0.4 is 10.5 Å². The highest BCUT2D eigenvalue weighted by Crippen LogP contribution is 2.43. The largest absolute Gasteiger partial charge is 0.495 e. The van der Waals surface area contributed by atoms with E-state index in [0.29, 0.717) is 0 Å². The van der Waals surface area contributed by atoms with Crippen molar-refractivity contribution < 1.29 is 4.74 Å². The molecule has 0 bridgehead atoms. The monoisotopic (exact) mass is 277 g/mol. The van der Waals surface area contributed by atoms with Crippen LogP contribution in [0.1, 0.15) is 44.3 Å². The zero-order valence-corrected chi connectivity index (χ0v) is 13.1. The average molecular weight is 277 g/mol. The third-order valence-electron chi connectivity index (χ3n) is 4.92. The summed E-state index contributed by atoms with van der Waals surface area (Å²) in [6.45, 7) is 2.33. The minimum atomic E-state index is -0.124. The molecule has 2 rings (SSSR count). The van der Waals surface area contributed by atoms with E-state index < -0.39 is 0 Å². The molecule has 112 valence electrons. The predicted octanol–water partition coefficient (Wildman–Crippen LogP) is 2.60. The van der Waals surface area contributed by atoms with E-state index in [2.05, 4.69) is 30.9 Å². The molecule has 0 spiro atoms. The summed E-state index contributed by atoms with van der Waals surface area (Å²) in [6.07, 6.45) is 6.47. The van der Waals surface area contributed by atoms with Gasteiger partial charge < -0.3 is 15.4 Å². The van der Waals surface area contributed by atoms with Crippen molar-refractivity contribution in [2.75, 3.05) is 21.2 Å². The van der Waals surface area contributed by atoms with Gasteiger partial charge in [0.2, 0.25) is 0 Å². The lowest BCUT2D eigenvalue weighted by atomic mass is 9.71. The highest BCUT2D eigenvalue weighted by Gasteiger charge is 2.43. The van der Waals surface area contributed by atoms with E-state index in [1.165, 1.54) is 12.8 Å². The van der Waals surface area contributed by atoms with E-state index in [1.807, 2.05) is 12.1 Å². The maximum atomic E-state index is 6.64. The number of ether oxygens (including phenoxy) is 1. The maximum Gasteiger partial charge on any atom is 0.142 e. The van der Waals surface area contributed by atoms with E-state index in [9.17, 15) is 0 Å². The second-order valence-electron chi connectivity index (χ2n) is 6.25. The van der Waals surface area contributed by atoms with Gasteiger partial charge in [0.25, 0.3) is 0 Å². The number of rotatable bonds is 4. The Kier molecular flexibility index (Phi) is 4.66. The third kappa shape index (κ3) is 2.67. The van der Waals surface area contributed by atoms with Crippen LogP contribution in [0.2, 0.25) is 0 Å². The number of methoxy groups -OCH3 is 1. The number of likely N-dealkylation sites (N-methyl/N-ethyl adjacent to an activating group) is 1. The second-order valence-corrected chi connectivity index (χ2v) is 6.25. The molecule has 1 unspecified atom stereocenters.